The molecule has 0 bridgehead atoms. The maximum Gasteiger partial charge on any atom is 0.410 e. The van der Waals surface area contributed by atoms with E-state index in [4.69, 9.17) is 9.47 Å². The van der Waals surface area contributed by atoms with Crippen molar-refractivity contribution in [2.75, 3.05) is 25.0 Å². The van der Waals surface area contributed by atoms with Crippen molar-refractivity contribution in [2.24, 2.45) is 0 Å². The molecule has 0 radical (unpaired) electrons. The molecule has 0 atom stereocenters. The second-order valence-electron chi connectivity index (χ2n) is 6.30. The molecule has 5 nitrogen and oxygen atoms in total. The molecule has 6 heteroatoms. The SMILES string of the molecule is CCOc1ccc(NC2CN(C(=O)OC(C)(C)C)C2)cc1F. The van der Waals surface area contributed by atoms with Crippen LogP contribution in [0.4, 0.5) is 14.9 Å². The van der Waals surface area contributed by atoms with Gasteiger partial charge in [-0.2, -0.15) is 0 Å². The molecule has 0 saturated carbocycles. The number of ether oxygens (including phenoxy) is 2. The average molecular weight is 310 g/mol. The Kier molecular flexibility index (Phi) is 4.78. The minimum Gasteiger partial charge on any atom is -0.491 e. The highest BCUT2D eigenvalue weighted by Gasteiger charge is 2.33. The number of rotatable bonds is 4. The second-order valence-corrected chi connectivity index (χ2v) is 6.30. The Morgan fingerprint density at radius 2 is 2.09 bits per heavy atom. The third-order valence-corrected chi connectivity index (χ3v) is 3.14. The van der Waals surface area contributed by atoms with Crippen LogP contribution in [0.3, 0.4) is 0 Å². The van der Waals surface area contributed by atoms with E-state index in [1.807, 2.05) is 27.7 Å². The first-order chi connectivity index (χ1) is 10.3. The summed E-state index contributed by atoms with van der Waals surface area (Å²) in [7, 11) is 0. The topological polar surface area (TPSA) is 50.8 Å². The summed E-state index contributed by atoms with van der Waals surface area (Å²) < 4.78 is 24.2. The number of nitrogens with zero attached hydrogens (tertiary/aromatic N) is 1. The molecule has 1 aromatic rings. The van der Waals surface area contributed by atoms with Gasteiger partial charge in [0.25, 0.3) is 0 Å². The summed E-state index contributed by atoms with van der Waals surface area (Å²) in [5, 5.41) is 3.19. The standard InChI is InChI=1S/C16H23FN2O3/c1-5-21-14-7-6-11(8-13(14)17)18-12-9-19(10-12)15(20)22-16(2,3)4/h6-8,12,18H,5,9-10H2,1-4H3. The van der Waals surface area contributed by atoms with Crippen LogP contribution >= 0.6 is 0 Å². The number of nitrogens with one attached hydrogen (secondary N) is 1. The van der Waals surface area contributed by atoms with Crippen molar-refractivity contribution in [3.8, 4) is 5.75 Å². The summed E-state index contributed by atoms with van der Waals surface area (Å²) in [6.45, 7) is 8.84. The van der Waals surface area contributed by atoms with Gasteiger partial charge in [0, 0.05) is 24.8 Å². The zero-order valence-corrected chi connectivity index (χ0v) is 13.5. The van der Waals surface area contributed by atoms with Crippen molar-refractivity contribution in [1.82, 2.24) is 4.90 Å². The lowest BCUT2D eigenvalue weighted by Gasteiger charge is -2.40. The van der Waals surface area contributed by atoms with Crippen LogP contribution in [-0.4, -0.2) is 42.3 Å². The fourth-order valence-corrected chi connectivity index (χ4v) is 2.14. The van der Waals surface area contributed by atoms with Crippen molar-refractivity contribution >= 4 is 11.8 Å². The highest BCUT2D eigenvalue weighted by Crippen LogP contribution is 2.23. The van der Waals surface area contributed by atoms with Crippen molar-refractivity contribution in [1.29, 1.82) is 0 Å². The monoisotopic (exact) mass is 310 g/mol. The molecule has 0 aliphatic carbocycles. The summed E-state index contributed by atoms with van der Waals surface area (Å²) in [4.78, 5) is 13.4. The lowest BCUT2D eigenvalue weighted by Crippen LogP contribution is -2.57. The third kappa shape index (κ3) is 4.26. The van der Waals surface area contributed by atoms with Crippen LogP contribution in [-0.2, 0) is 4.74 Å². The Balaban J connectivity index is 1.83. The normalized spacial score (nSPS) is 15.2. The van der Waals surface area contributed by atoms with Gasteiger partial charge < -0.3 is 19.7 Å². The molecule has 22 heavy (non-hydrogen) atoms. The molecule has 1 amide bonds. The lowest BCUT2D eigenvalue weighted by molar-refractivity contribution is 0.0105. The van der Waals surface area contributed by atoms with E-state index >= 15 is 0 Å². The van der Waals surface area contributed by atoms with Gasteiger partial charge in [0.05, 0.1) is 12.6 Å². The quantitative estimate of drug-likeness (QED) is 0.927. The number of halogens is 1. The first-order valence-electron chi connectivity index (χ1n) is 7.45. The van der Waals surface area contributed by atoms with Gasteiger partial charge >= 0.3 is 6.09 Å². The Labute approximate surface area is 130 Å². The van der Waals surface area contributed by atoms with Gasteiger partial charge in [0.1, 0.15) is 5.60 Å². The Bertz CT molecular complexity index is 537. The summed E-state index contributed by atoms with van der Waals surface area (Å²) in [6, 6.07) is 4.88. The van der Waals surface area contributed by atoms with Crippen LogP contribution in [0, 0.1) is 5.82 Å². The van der Waals surface area contributed by atoms with Crippen LogP contribution in [0.25, 0.3) is 0 Å². The molecule has 1 aromatic carbocycles. The Hall–Kier alpha value is -1.98. The van der Waals surface area contributed by atoms with Crippen molar-refractivity contribution in [3.63, 3.8) is 0 Å². The van der Waals surface area contributed by atoms with E-state index < -0.39 is 11.4 Å². The Morgan fingerprint density at radius 1 is 1.41 bits per heavy atom. The molecule has 1 fully saturated rings. The first-order valence-corrected chi connectivity index (χ1v) is 7.45. The minimum atomic E-state index is -0.492. The molecule has 1 saturated heterocycles. The molecular weight excluding hydrogens is 287 g/mol. The molecule has 2 rings (SSSR count). The highest BCUT2D eigenvalue weighted by molar-refractivity contribution is 5.69. The van der Waals surface area contributed by atoms with E-state index in [1.165, 1.54) is 6.07 Å². The maximum atomic E-state index is 13.8. The number of likely N-dealkylation sites (tertiary alicyclic amines) is 1. The number of carbonyl (C=O) groups excluding carboxylic acids is 1. The van der Waals surface area contributed by atoms with Crippen molar-refractivity contribution < 1.29 is 18.7 Å². The van der Waals surface area contributed by atoms with Gasteiger partial charge in [-0.15, -0.1) is 0 Å². The molecule has 1 aliphatic heterocycles. The van der Waals surface area contributed by atoms with Gasteiger partial charge in [-0.25, -0.2) is 9.18 Å². The molecule has 0 spiro atoms. The summed E-state index contributed by atoms with van der Waals surface area (Å²) in [6.07, 6.45) is -0.316. The van der Waals surface area contributed by atoms with Gasteiger partial charge in [-0.3, -0.25) is 0 Å². The molecule has 0 unspecified atom stereocenters. The molecule has 1 heterocycles. The Morgan fingerprint density at radius 3 is 2.64 bits per heavy atom. The van der Waals surface area contributed by atoms with Crippen LogP contribution < -0.4 is 10.1 Å². The second kappa shape index (κ2) is 6.42. The molecule has 1 N–H and O–H groups in total. The largest absolute Gasteiger partial charge is 0.491 e. The van der Waals surface area contributed by atoms with E-state index in [9.17, 15) is 9.18 Å². The smallest absolute Gasteiger partial charge is 0.410 e. The summed E-state index contributed by atoms with van der Waals surface area (Å²) >= 11 is 0. The van der Waals surface area contributed by atoms with Crippen molar-refractivity contribution in [3.05, 3.63) is 24.0 Å². The first kappa shape index (κ1) is 16.4. The zero-order valence-electron chi connectivity index (χ0n) is 13.5. The molecular formula is C16H23FN2O3. The number of hydrogen-bond donors (Lipinski definition) is 1. The average Bonchev–Trinajstić information content (AvgIpc) is 2.34. The predicted molar refractivity (Wildman–Crippen MR) is 82.8 cm³/mol. The number of hydrogen-bond acceptors (Lipinski definition) is 4. The maximum absolute atomic E-state index is 13.8. The minimum absolute atomic E-state index is 0.102. The summed E-state index contributed by atoms with van der Waals surface area (Å²) in [5.74, 6) is -0.146. The van der Waals surface area contributed by atoms with Gasteiger partial charge in [-0.05, 0) is 39.8 Å². The lowest BCUT2D eigenvalue weighted by atomic mass is 10.1. The van der Waals surface area contributed by atoms with Gasteiger partial charge in [0.2, 0.25) is 0 Å². The molecule has 1 aliphatic rings. The van der Waals surface area contributed by atoms with E-state index in [-0.39, 0.29) is 17.9 Å². The number of benzene rings is 1. The van der Waals surface area contributed by atoms with E-state index in [2.05, 4.69) is 5.32 Å². The predicted octanol–water partition coefficient (Wildman–Crippen LogP) is 3.26. The molecule has 0 aromatic heterocycles. The van der Waals surface area contributed by atoms with E-state index in [0.29, 0.717) is 25.4 Å². The van der Waals surface area contributed by atoms with Crippen LogP contribution in [0.5, 0.6) is 5.75 Å². The van der Waals surface area contributed by atoms with Crippen LogP contribution in [0.1, 0.15) is 27.7 Å². The fourth-order valence-electron chi connectivity index (χ4n) is 2.14. The van der Waals surface area contributed by atoms with Crippen molar-refractivity contribution in [2.45, 2.75) is 39.3 Å². The third-order valence-electron chi connectivity index (χ3n) is 3.14. The number of anilines is 1. The van der Waals surface area contributed by atoms with Crippen LogP contribution in [0.2, 0.25) is 0 Å². The number of carbonyl (C=O) groups is 1. The summed E-state index contributed by atoms with van der Waals surface area (Å²) in [5.41, 5.74) is 0.184. The number of amides is 1. The molecule has 122 valence electrons. The zero-order chi connectivity index (χ0) is 16.3. The van der Waals surface area contributed by atoms with E-state index in [0.717, 1.165) is 0 Å². The highest BCUT2D eigenvalue weighted by atomic mass is 19.1. The van der Waals surface area contributed by atoms with Gasteiger partial charge in [0.15, 0.2) is 11.6 Å². The van der Waals surface area contributed by atoms with Crippen LogP contribution in [0.15, 0.2) is 18.2 Å². The van der Waals surface area contributed by atoms with Gasteiger partial charge in [-0.1, -0.05) is 0 Å². The fraction of sp³-hybridized carbons (Fsp3) is 0.562. The van der Waals surface area contributed by atoms with E-state index in [1.54, 1.807) is 17.0 Å².